The van der Waals surface area contributed by atoms with Crippen molar-refractivity contribution in [2.45, 2.75) is 31.8 Å². The van der Waals surface area contributed by atoms with E-state index in [2.05, 4.69) is 27.7 Å². The van der Waals surface area contributed by atoms with E-state index in [0.717, 1.165) is 32.7 Å². The second kappa shape index (κ2) is 12.1. The van der Waals surface area contributed by atoms with Gasteiger partial charge in [0.1, 0.15) is 0 Å². The van der Waals surface area contributed by atoms with E-state index in [4.69, 9.17) is 10.5 Å². The molecule has 5 nitrogen and oxygen atoms in total. The van der Waals surface area contributed by atoms with Gasteiger partial charge in [0, 0.05) is 37.0 Å². The maximum atomic E-state index is 11.9. The SMILES string of the molecule is CC(N)CCC(=O)NCC(c1cccs1)N1CCOCC1.Cl.Cl. The van der Waals surface area contributed by atoms with Gasteiger partial charge in [-0.05, 0) is 24.8 Å². The van der Waals surface area contributed by atoms with Crippen LogP contribution in [0.3, 0.4) is 0 Å². The fraction of sp³-hybridized carbons (Fsp3) is 0.667. The first-order chi connectivity index (χ1) is 10.2. The Morgan fingerprint density at radius 1 is 1.43 bits per heavy atom. The molecule has 1 saturated heterocycles. The summed E-state index contributed by atoms with van der Waals surface area (Å²) < 4.78 is 5.42. The minimum Gasteiger partial charge on any atom is -0.379 e. The van der Waals surface area contributed by atoms with Crippen molar-refractivity contribution < 1.29 is 9.53 Å². The number of rotatable bonds is 7. The second-order valence-electron chi connectivity index (χ2n) is 5.50. The largest absolute Gasteiger partial charge is 0.379 e. The van der Waals surface area contributed by atoms with E-state index >= 15 is 0 Å². The molecule has 134 valence electrons. The van der Waals surface area contributed by atoms with Gasteiger partial charge in [0.05, 0.1) is 19.3 Å². The molecule has 0 aliphatic carbocycles. The molecular formula is C15H27Cl2N3O2S. The Labute approximate surface area is 154 Å². The lowest BCUT2D eigenvalue weighted by molar-refractivity contribution is -0.121. The van der Waals surface area contributed by atoms with Crippen molar-refractivity contribution >= 4 is 42.1 Å². The Kier molecular flexibility index (Phi) is 11.9. The normalized spacial score (nSPS) is 17.5. The quantitative estimate of drug-likeness (QED) is 0.757. The van der Waals surface area contributed by atoms with Crippen LogP contribution in [-0.4, -0.2) is 49.7 Å². The molecule has 1 aliphatic rings. The summed E-state index contributed by atoms with van der Waals surface area (Å²) in [4.78, 5) is 15.6. The third kappa shape index (κ3) is 7.83. The minimum absolute atomic E-state index is 0. The third-order valence-corrected chi connectivity index (χ3v) is 4.65. The van der Waals surface area contributed by atoms with E-state index in [0.29, 0.717) is 13.0 Å². The molecule has 2 unspecified atom stereocenters. The maximum absolute atomic E-state index is 11.9. The van der Waals surface area contributed by atoms with E-state index in [-0.39, 0.29) is 42.8 Å². The molecule has 1 aliphatic heterocycles. The molecule has 2 atom stereocenters. The summed E-state index contributed by atoms with van der Waals surface area (Å²) in [6, 6.07) is 4.51. The van der Waals surface area contributed by atoms with E-state index in [1.54, 1.807) is 11.3 Å². The van der Waals surface area contributed by atoms with Crippen molar-refractivity contribution in [3.8, 4) is 0 Å². The van der Waals surface area contributed by atoms with Crippen LogP contribution in [0.25, 0.3) is 0 Å². The van der Waals surface area contributed by atoms with Crippen molar-refractivity contribution in [3.05, 3.63) is 22.4 Å². The highest BCUT2D eigenvalue weighted by molar-refractivity contribution is 7.10. The third-order valence-electron chi connectivity index (χ3n) is 3.68. The highest BCUT2D eigenvalue weighted by atomic mass is 35.5. The van der Waals surface area contributed by atoms with E-state index < -0.39 is 0 Å². The standard InChI is InChI=1S/C15H25N3O2S.2ClH/c1-12(16)4-5-15(19)17-11-13(14-3-2-10-21-14)18-6-8-20-9-7-18;;/h2-3,10,12-13H,4-9,11,16H2,1H3,(H,17,19);2*1H. The smallest absolute Gasteiger partial charge is 0.220 e. The molecule has 1 fully saturated rings. The number of nitrogens with zero attached hydrogens (tertiary/aromatic N) is 1. The number of hydrogen-bond acceptors (Lipinski definition) is 5. The van der Waals surface area contributed by atoms with Crippen LogP contribution in [0, 0.1) is 0 Å². The first-order valence-corrected chi connectivity index (χ1v) is 8.42. The zero-order valence-corrected chi connectivity index (χ0v) is 15.9. The maximum Gasteiger partial charge on any atom is 0.220 e. The molecule has 1 aromatic heterocycles. The van der Waals surface area contributed by atoms with Gasteiger partial charge in [-0.15, -0.1) is 36.2 Å². The number of hydrogen-bond donors (Lipinski definition) is 2. The number of nitrogens with two attached hydrogens (primary N) is 1. The molecule has 0 spiro atoms. The zero-order chi connectivity index (χ0) is 15.1. The Hall–Kier alpha value is -0.370. The summed E-state index contributed by atoms with van der Waals surface area (Å²) in [6.07, 6.45) is 1.23. The summed E-state index contributed by atoms with van der Waals surface area (Å²) in [5, 5.41) is 5.14. The fourth-order valence-electron chi connectivity index (χ4n) is 2.44. The fourth-order valence-corrected chi connectivity index (χ4v) is 3.30. The van der Waals surface area contributed by atoms with Crippen molar-refractivity contribution in [1.29, 1.82) is 0 Å². The van der Waals surface area contributed by atoms with Gasteiger partial charge in [0.25, 0.3) is 0 Å². The van der Waals surface area contributed by atoms with Crippen LogP contribution < -0.4 is 11.1 Å². The molecule has 0 radical (unpaired) electrons. The molecule has 23 heavy (non-hydrogen) atoms. The lowest BCUT2D eigenvalue weighted by Crippen LogP contribution is -2.43. The van der Waals surface area contributed by atoms with Gasteiger partial charge in [-0.25, -0.2) is 0 Å². The number of amides is 1. The van der Waals surface area contributed by atoms with Crippen LogP contribution in [0.1, 0.15) is 30.7 Å². The molecule has 0 aromatic carbocycles. The van der Waals surface area contributed by atoms with Gasteiger partial charge in [-0.1, -0.05) is 6.07 Å². The molecule has 0 bridgehead atoms. The van der Waals surface area contributed by atoms with E-state index in [1.165, 1.54) is 4.88 Å². The van der Waals surface area contributed by atoms with Gasteiger partial charge in [-0.3, -0.25) is 9.69 Å². The van der Waals surface area contributed by atoms with Crippen LogP contribution >= 0.6 is 36.2 Å². The van der Waals surface area contributed by atoms with Crippen molar-refractivity contribution in [2.75, 3.05) is 32.8 Å². The van der Waals surface area contributed by atoms with Crippen LogP contribution in [0.2, 0.25) is 0 Å². The molecule has 2 heterocycles. The number of thiophene rings is 1. The number of ether oxygens (including phenoxy) is 1. The van der Waals surface area contributed by atoms with Crippen LogP contribution in [-0.2, 0) is 9.53 Å². The monoisotopic (exact) mass is 383 g/mol. The number of carbonyl (C=O) groups excluding carboxylic acids is 1. The highest BCUT2D eigenvalue weighted by Crippen LogP contribution is 2.25. The van der Waals surface area contributed by atoms with Crippen LogP contribution in [0.4, 0.5) is 0 Å². The number of morpholine rings is 1. The second-order valence-corrected chi connectivity index (χ2v) is 6.48. The Morgan fingerprint density at radius 2 is 2.13 bits per heavy atom. The molecule has 3 N–H and O–H groups in total. The average molecular weight is 384 g/mol. The molecular weight excluding hydrogens is 357 g/mol. The number of carbonyl (C=O) groups is 1. The first-order valence-electron chi connectivity index (χ1n) is 7.54. The number of nitrogens with one attached hydrogen (secondary N) is 1. The highest BCUT2D eigenvalue weighted by Gasteiger charge is 2.23. The molecule has 0 saturated carbocycles. The summed E-state index contributed by atoms with van der Waals surface area (Å²) >= 11 is 1.74. The Balaban J connectivity index is 0.00000242. The van der Waals surface area contributed by atoms with E-state index in [9.17, 15) is 4.79 Å². The van der Waals surface area contributed by atoms with Crippen LogP contribution in [0.5, 0.6) is 0 Å². The topological polar surface area (TPSA) is 67.6 Å². The Bertz CT molecular complexity index is 426. The number of halogens is 2. The Morgan fingerprint density at radius 3 is 2.70 bits per heavy atom. The summed E-state index contributed by atoms with van der Waals surface area (Å²) in [5.74, 6) is 0.0853. The molecule has 8 heteroatoms. The van der Waals surface area contributed by atoms with Crippen molar-refractivity contribution in [3.63, 3.8) is 0 Å². The minimum atomic E-state index is 0. The predicted octanol–water partition coefficient (Wildman–Crippen LogP) is 2.21. The van der Waals surface area contributed by atoms with Gasteiger partial charge >= 0.3 is 0 Å². The summed E-state index contributed by atoms with van der Waals surface area (Å²) in [5.41, 5.74) is 5.69. The van der Waals surface area contributed by atoms with Crippen molar-refractivity contribution in [1.82, 2.24) is 10.2 Å². The van der Waals surface area contributed by atoms with Gasteiger partial charge in [0.15, 0.2) is 0 Å². The lowest BCUT2D eigenvalue weighted by atomic mass is 10.1. The zero-order valence-electron chi connectivity index (χ0n) is 13.4. The predicted molar refractivity (Wildman–Crippen MR) is 99.8 cm³/mol. The first kappa shape index (κ1) is 22.6. The van der Waals surface area contributed by atoms with Crippen molar-refractivity contribution in [2.24, 2.45) is 5.73 Å². The van der Waals surface area contributed by atoms with Gasteiger partial charge in [-0.2, -0.15) is 0 Å². The van der Waals surface area contributed by atoms with E-state index in [1.807, 2.05) is 6.92 Å². The molecule has 2 rings (SSSR count). The summed E-state index contributed by atoms with van der Waals surface area (Å²) in [6.45, 7) is 5.94. The lowest BCUT2D eigenvalue weighted by Gasteiger charge is -2.34. The molecule has 1 amide bonds. The molecule has 1 aromatic rings. The van der Waals surface area contributed by atoms with Crippen LogP contribution in [0.15, 0.2) is 17.5 Å². The average Bonchev–Trinajstić information content (AvgIpc) is 3.00. The summed E-state index contributed by atoms with van der Waals surface area (Å²) in [7, 11) is 0. The van der Waals surface area contributed by atoms with Gasteiger partial charge in [0.2, 0.25) is 5.91 Å². The van der Waals surface area contributed by atoms with Gasteiger partial charge < -0.3 is 15.8 Å².